The summed E-state index contributed by atoms with van der Waals surface area (Å²) in [6.07, 6.45) is 3.96. The van der Waals surface area contributed by atoms with Gasteiger partial charge in [-0.15, -0.1) is 11.3 Å². The summed E-state index contributed by atoms with van der Waals surface area (Å²) in [5.74, 6) is 0.814. The fourth-order valence-corrected chi connectivity index (χ4v) is 3.49. The van der Waals surface area contributed by atoms with Gasteiger partial charge in [0.15, 0.2) is 5.96 Å². The quantitative estimate of drug-likeness (QED) is 0.524. The van der Waals surface area contributed by atoms with Crippen LogP contribution in [0.3, 0.4) is 0 Å². The number of aromatic nitrogens is 1. The summed E-state index contributed by atoms with van der Waals surface area (Å²) in [4.78, 5) is 10.0. The van der Waals surface area contributed by atoms with Gasteiger partial charge in [-0.3, -0.25) is 4.99 Å². The normalized spacial score (nSPS) is 11.7. The zero-order valence-electron chi connectivity index (χ0n) is 14.7. The molecule has 2 N–H and O–H groups in total. The van der Waals surface area contributed by atoms with Crippen LogP contribution in [0.1, 0.15) is 22.4 Å². The molecule has 1 aromatic heterocycles. The average molecular weight is 353 g/mol. The van der Waals surface area contributed by atoms with Gasteiger partial charge in [0.2, 0.25) is 0 Å². The first-order chi connectivity index (χ1) is 12.3. The van der Waals surface area contributed by atoms with Crippen molar-refractivity contribution in [2.75, 3.05) is 13.6 Å². The van der Waals surface area contributed by atoms with Gasteiger partial charge in [-0.05, 0) is 29.2 Å². The Bertz CT molecular complexity index is 854. The molecule has 0 aliphatic heterocycles. The van der Waals surface area contributed by atoms with Crippen LogP contribution in [0.4, 0.5) is 0 Å². The first kappa shape index (κ1) is 17.4. The molecule has 0 aliphatic rings. The van der Waals surface area contributed by atoms with E-state index in [9.17, 15) is 0 Å². The molecule has 3 rings (SSSR count). The van der Waals surface area contributed by atoms with E-state index < -0.39 is 0 Å². The molecule has 1 heterocycles. The van der Waals surface area contributed by atoms with Crippen molar-refractivity contribution in [2.45, 2.75) is 26.3 Å². The molecule has 5 heteroatoms. The molecule has 3 aromatic rings. The van der Waals surface area contributed by atoms with Gasteiger partial charge in [-0.25, -0.2) is 4.98 Å². The van der Waals surface area contributed by atoms with E-state index in [1.165, 1.54) is 21.2 Å². The van der Waals surface area contributed by atoms with Crippen molar-refractivity contribution >= 4 is 28.1 Å². The fourth-order valence-electron chi connectivity index (χ4n) is 2.69. The lowest BCUT2D eigenvalue weighted by molar-refractivity contribution is 0.792. The molecular weight excluding hydrogens is 328 g/mol. The molecular formula is C20H24N4S. The van der Waals surface area contributed by atoms with Crippen molar-refractivity contribution in [3.05, 3.63) is 64.1 Å². The van der Waals surface area contributed by atoms with Crippen LogP contribution in [0.5, 0.6) is 0 Å². The molecule has 0 aliphatic carbocycles. The molecule has 4 nitrogen and oxygen atoms in total. The molecule has 0 saturated carbocycles. The third kappa shape index (κ3) is 4.79. The first-order valence-electron chi connectivity index (χ1n) is 8.64. The SMILES string of the molecule is CCc1cnc(CNC(=NC)NCCc2ccc3ccccc3c2)s1. The molecule has 0 atom stereocenters. The Morgan fingerprint density at radius 2 is 1.96 bits per heavy atom. The average Bonchev–Trinajstić information content (AvgIpc) is 3.12. The molecule has 2 aromatic carbocycles. The lowest BCUT2D eigenvalue weighted by Gasteiger charge is -2.11. The van der Waals surface area contributed by atoms with Crippen molar-refractivity contribution in [1.82, 2.24) is 15.6 Å². The van der Waals surface area contributed by atoms with E-state index in [0.717, 1.165) is 30.4 Å². The number of rotatable bonds is 6. The number of hydrogen-bond donors (Lipinski definition) is 2. The highest BCUT2D eigenvalue weighted by Gasteiger charge is 2.03. The second kappa shape index (κ2) is 8.62. The minimum Gasteiger partial charge on any atom is -0.356 e. The van der Waals surface area contributed by atoms with Gasteiger partial charge in [0.1, 0.15) is 5.01 Å². The number of thiazole rings is 1. The standard InChI is InChI=1S/C20H24N4S/c1-3-18-13-23-19(25-18)14-24-20(21-2)22-11-10-15-8-9-16-6-4-5-7-17(16)12-15/h4-9,12-13H,3,10-11,14H2,1-2H3,(H2,21,22,24). The van der Waals surface area contributed by atoms with Crippen molar-refractivity contribution in [3.8, 4) is 0 Å². The van der Waals surface area contributed by atoms with E-state index in [0.29, 0.717) is 6.54 Å². The Hall–Kier alpha value is -2.40. The summed E-state index contributed by atoms with van der Waals surface area (Å²) < 4.78 is 0. The molecule has 0 unspecified atom stereocenters. The predicted molar refractivity (Wildman–Crippen MR) is 107 cm³/mol. The number of nitrogens with one attached hydrogen (secondary N) is 2. The second-order valence-corrected chi connectivity index (χ2v) is 7.06. The Labute approximate surface area is 153 Å². The van der Waals surface area contributed by atoms with Gasteiger partial charge in [-0.1, -0.05) is 49.4 Å². The summed E-state index contributed by atoms with van der Waals surface area (Å²) in [5.41, 5.74) is 1.33. The molecule has 0 fully saturated rings. The van der Waals surface area contributed by atoms with E-state index in [4.69, 9.17) is 0 Å². The summed E-state index contributed by atoms with van der Waals surface area (Å²) in [6, 6.07) is 15.1. The fraction of sp³-hybridized carbons (Fsp3) is 0.300. The van der Waals surface area contributed by atoms with E-state index in [1.807, 2.05) is 6.20 Å². The van der Waals surface area contributed by atoms with E-state index in [2.05, 4.69) is 70.0 Å². The van der Waals surface area contributed by atoms with Gasteiger partial charge >= 0.3 is 0 Å². The monoisotopic (exact) mass is 352 g/mol. The Morgan fingerprint density at radius 3 is 2.72 bits per heavy atom. The van der Waals surface area contributed by atoms with Crippen molar-refractivity contribution in [1.29, 1.82) is 0 Å². The first-order valence-corrected chi connectivity index (χ1v) is 9.46. The number of nitrogens with zero attached hydrogens (tertiary/aromatic N) is 2. The molecule has 0 saturated heterocycles. The third-order valence-electron chi connectivity index (χ3n) is 4.10. The van der Waals surface area contributed by atoms with Crippen LogP contribution in [0.15, 0.2) is 53.7 Å². The highest BCUT2D eigenvalue weighted by Crippen LogP contribution is 2.16. The van der Waals surface area contributed by atoms with Crippen LogP contribution in [-0.2, 0) is 19.4 Å². The number of guanidine groups is 1. The van der Waals surface area contributed by atoms with Gasteiger partial charge in [0.05, 0.1) is 6.54 Å². The zero-order chi connectivity index (χ0) is 17.5. The topological polar surface area (TPSA) is 49.3 Å². The maximum absolute atomic E-state index is 4.42. The van der Waals surface area contributed by atoms with Crippen LogP contribution >= 0.6 is 11.3 Å². The highest BCUT2D eigenvalue weighted by atomic mass is 32.1. The number of benzene rings is 2. The summed E-state index contributed by atoms with van der Waals surface area (Å²) in [7, 11) is 1.80. The molecule has 0 amide bonds. The lowest BCUT2D eigenvalue weighted by atomic mass is 10.1. The van der Waals surface area contributed by atoms with Crippen LogP contribution in [-0.4, -0.2) is 24.5 Å². The van der Waals surface area contributed by atoms with Crippen LogP contribution in [0.25, 0.3) is 10.8 Å². The largest absolute Gasteiger partial charge is 0.356 e. The van der Waals surface area contributed by atoms with Crippen molar-refractivity contribution < 1.29 is 0 Å². The van der Waals surface area contributed by atoms with E-state index in [1.54, 1.807) is 18.4 Å². The number of aliphatic imine (C=N–C) groups is 1. The Kier molecular flexibility index (Phi) is 6.01. The molecule has 0 radical (unpaired) electrons. The molecule has 25 heavy (non-hydrogen) atoms. The smallest absolute Gasteiger partial charge is 0.191 e. The van der Waals surface area contributed by atoms with Gasteiger partial charge < -0.3 is 10.6 Å². The second-order valence-electron chi connectivity index (χ2n) is 5.86. The maximum atomic E-state index is 4.42. The van der Waals surface area contributed by atoms with Gasteiger partial charge in [-0.2, -0.15) is 0 Å². The number of hydrogen-bond acceptors (Lipinski definition) is 3. The summed E-state index contributed by atoms with van der Waals surface area (Å²) in [6.45, 7) is 3.70. The van der Waals surface area contributed by atoms with Crippen molar-refractivity contribution in [3.63, 3.8) is 0 Å². The van der Waals surface area contributed by atoms with E-state index in [-0.39, 0.29) is 0 Å². The van der Waals surface area contributed by atoms with Gasteiger partial charge in [0, 0.05) is 24.7 Å². The Balaban J connectivity index is 1.48. The minimum atomic E-state index is 0.709. The minimum absolute atomic E-state index is 0.709. The summed E-state index contributed by atoms with van der Waals surface area (Å²) in [5, 5.41) is 10.4. The van der Waals surface area contributed by atoms with Crippen LogP contribution < -0.4 is 10.6 Å². The predicted octanol–water partition coefficient (Wildman–Crippen LogP) is 3.77. The molecule has 130 valence electrons. The highest BCUT2D eigenvalue weighted by molar-refractivity contribution is 7.11. The maximum Gasteiger partial charge on any atom is 0.191 e. The Morgan fingerprint density at radius 1 is 1.12 bits per heavy atom. The molecule has 0 spiro atoms. The van der Waals surface area contributed by atoms with Gasteiger partial charge in [0.25, 0.3) is 0 Å². The van der Waals surface area contributed by atoms with Crippen LogP contribution in [0, 0.1) is 0 Å². The molecule has 0 bridgehead atoms. The summed E-state index contributed by atoms with van der Waals surface area (Å²) >= 11 is 1.75. The zero-order valence-corrected chi connectivity index (χ0v) is 15.6. The lowest BCUT2D eigenvalue weighted by Crippen LogP contribution is -2.37. The third-order valence-corrected chi connectivity index (χ3v) is 5.24. The number of fused-ring (bicyclic) bond motifs is 1. The van der Waals surface area contributed by atoms with Crippen LogP contribution in [0.2, 0.25) is 0 Å². The van der Waals surface area contributed by atoms with Crippen molar-refractivity contribution in [2.24, 2.45) is 4.99 Å². The number of aryl methyl sites for hydroxylation is 1. The van der Waals surface area contributed by atoms with E-state index >= 15 is 0 Å².